The predicted molar refractivity (Wildman–Crippen MR) is 329 cm³/mol. The molecule has 5 N–H and O–H groups in total. The number of aliphatic hydroxyl groups is 1. The molecule has 0 bridgehead atoms. The van der Waals surface area contributed by atoms with Crippen LogP contribution in [-0.2, 0) is 52.7 Å². The van der Waals surface area contributed by atoms with Gasteiger partial charge in [-0.15, -0.1) is 0 Å². The molecule has 1 saturated heterocycles. The summed E-state index contributed by atoms with van der Waals surface area (Å²) in [4.78, 5) is 168. The van der Waals surface area contributed by atoms with Gasteiger partial charge in [-0.2, -0.15) is 0 Å². The molecule has 1 fully saturated rings. The molecule has 0 saturated carbocycles. The third-order valence-electron chi connectivity index (χ3n) is 16.2. The number of nitrogens with zero attached hydrogens (tertiary/aromatic N) is 7. The highest BCUT2D eigenvalue weighted by Crippen LogP contribution is 2.25. The number of amides is 11. The van der Waals surface area contributed by atoms with Crippen LogP contribution < -0.4 is 21.3 Å². The van der Waals surface area contributed by atoms with Crippen LogP contribution in [0.1, 0.15) is 162 Å². The van der Waals surface area contributed by atoms with Crippen molar-refractivity contribution >= 4 is 65.0 Å². The van der Waals surface area contributed by atoms with E-state index in [2.05, 4.69) is 21.3 Å². The average molecular weight is 1200 g/mol. The van der Waals surface area contributed by atoms with Crippen LogP contribution in [0.25, 0.3) is 0 Å². The molecular formula is C62H111N11O12. The minimum Gasteiger partial charge on any atom is -0.390 e. The molecule has 0 aromatic rings. The van der Waals surface area contributed by atoms with Gasteiger partial charge < -0.3 is 60.7 Å². The summed E-state index contributed by atoms with van der Waals surface area (Å²) in [7, 11) is 9.93. The first-order valence-corrected chi connectivity index (χ1v) is 30.7. The lowest BCUT2D eigenvalue weighted by Crippen LogP contribution is -2.63. The quantitative estimate of drug-likeness (QED) is 0.139. The molecule has 0 radical (unpaired) electrons. The number of unbranched alkanes of at least 4 members (excludes halogenated alkanes) is 1. The number of carbonyl (C=O) groups is 11. The van der Waals surface area contributed by atoms with Gasteiger partial charge in [0.05, 0.1) is 12.6 Å². The molecule has 85 heavy (non-hydrogen) atoms. The number of likely N-dealkylation sites (N-methyl/N-ethyl adjacent to an activating group) is 7. The molecular weight excluding hydrogens is 1090 g/mol. The molecule has 0 aliphatic carbocycles. The fraction of sp³-hybridized carbons (Fsp3) is 0.790. The maximum Gasteiger partial charge on any atom is 0.246 e. The van der Waals surface area contributed by atoms with Crippen LogP contribution in [0.5, 0.6) is 0 Å². The lowest BCUT2D eigenvalue weighted by Gasteiger charge is -2.41. The van der Waals surface area contributed by atoms with E-state index in [1.807, 2.05) is 54.5 Å². The van der Waals surface area contributed by atoms with Crippen molar-refractivity contribution in [2.24, 2.45) is 35.5 Å². The van der Waals surface area contributed by atoms with E-state index in [9.17, 15) is 48.3 Å². The predicted octanol–water partition coefficient (Wildman–Crippen LogP) is 3.41. The summed E-state index contributed by atoms with van der Waals surface area (Å²) in [6.45, 7) is 27.6. The smallest absolute Gasteiger partial charge is 0.246 e. The van der Waals surface area contributed by atoms with Crippen molar-refractivity contribution < 1.29 is 57.8 Å². The van der Waals surface area contributed by atoms with E-state index in [1.165, 1.54) is 87.7 Å². The zero-order valence-corrected chi connectivity index (χ0v) is 55.9. The lowest BCUT2D eigenvalue weighted by atomic mass is 9.91. The van der Waals surface area contributed by atoms with Gasteiger partial charge in [-0.25, -0.2) is 0 Å². The highest BCUT2D eigenvalue weighted by atomic mass is 16.3. The maximum absolute atomic E-state index is 15.1. The molecule has 1 aliphatic rings. The standard InChI is InChI=1S/C62H111N11O12/c1-24-27-29-40(14)52(75)51-56(79)65-43(26-3)58(81)67(17)34-48(74)68(18)44(30-28-25-2)54(77)66-49(38(10)11)61(84)69(19)45(31-35(4)5)55(78)63-41(15)53(76)64-42(16)57(80)70(20)46(32-36(6)7)59(82)71(21)47(33-37(8)9)60(83)72(22)50(39(12)13)62(85)73(51)23/h24,27,35-47,49-52,75H,25-26,28-34H2,1-23H3,(H,63,78)(H,64,76)(H,65,79)(H,66,77)/b27-24+/t40-,41+,42-,43+,44+,45+,46+,47+,49+,50+,51+,52-/m1/s1. The van der Waals surface area contributed by atoms with Crippen LogP contribution in [0.3, 0.4) is 0 Å². The number of rotatable bonds is 16. The maximum atomic E-state index is 15.1. The minimum absolute atomic E-state index is 0.0260. The molecule has 486 valence electrons. The summed E-state index contributed by atoms with van der Waals surface area (Å²) in [5.74, 6) is -9.51. The zero-order chi connectivity index (χ0) is 65.8. The Bertz CT molecular complexity index is 2310. The topological polar surface area (TPSA) is 279 Å². The summed E-state index contributed by atoms with van der Waals surface area (Å²) in [6, 6.07) is -12.3. The van der Waals surface area contributed by atoms with Gasteiger partial charge in [-0.3, -0.25) is 52.7 Å². The van der Waals surface area contributed by atoms with E-state index < -0.39 is 156 Å². The van der Waals surface area contributed by atoms with Gasteiger partial charge in [0.25, 0.3) is 0 Å². The largest absolute Gasteiger partial charge is 0.390 e. The Kier molecular flexibility index (Phi) is 32.1. The second-order valence-electron chi connectivity index (χ2n) is 25.6. The van der Waals surface area contributed by atoms with Gasteiger partial charge in [0.1, 0.15) is 60.4 Å². The van der Waals surface area contributed by atoms with Crippen molar-refractivity contribution in [2.75, 3.05) is 55.9 Å². The van der Waals surface area contributed by atoms with Gasteiger partial charge in [0.2, 0.25) is 65.0 Å². The normalized spacial score (nSPS) is 26.8. The monoisotopic (exact) mass is 1200 g/mol. The van der Waals surface area contributed by atoms with Crippen LogP contribution in [0.4, 0.5) is 0 Å². The Labute approximate surface area is 508 Å². The number of nitrogens with one attached hydrogen (secondary N) is 4. The third kappa shape index (κ3) is 21.7. The molecule has 0 spiro atoms. The van der Waals surface area contributed by atoms with Crippen molar-refractivity contribution in [3.05, 3.63) is 12.2 Å². The van der Waals surface area contributed by atoms with E-state index in [4.69, 9.17) is 0 Å². The Morgan fingerprint density at radius 2 is 0.953 bits per heavy atom. The van der Waals surface area contributed by atoms with Crippen LogP contribution in [0.2, 0.25) is 0 Å². The molecule has 12 atom stereocenters. The summed E-state index contributed by atoms with van der Waals surface area (Å²) in [6.07, 6.45) is 4.26. The van der Waals surface area contributed by atoms with Crippen molar-refractivity contribution in [3.8, 4) is 0 Å². The molecule has 0 aromatic carbocycles. The van der Waals surface area contributed by atoms with Crippen LogP contribution in [0.15, 0.2) is 12.2 Å². The molecule has 0 unspecified atom stereocenters. The molecule has 1 aliphatic heterocycles. The van der Waals surface area contributed by atoms with E-state index in [0.29, 0.717) is 19.3 Å². The third-order valence-corrected chi connectivity index (χ3v) is 16.2. The van der Waals surface area contributed by atoms with E-state index in [0.717, 1.165) is 9.80 Å². The van der Waals surface area contributed by atoms with Crippen molar-refractivity contribution in [2.45, 2.75) is 229 Å². The van der Waals surface area contributed by atoms with E-state index in [1.54, 1.807) is 54.5 Å². The number of hydrogen-bond donors (Lipinski definition) is 5. The molecule has 23 heteroatoms. The van der Waals surface area contributed by atoms with Gasteiger partial charge in [0.15, 0.2) is 0 Å². The van der Waals surface area contributed by atoms with Gasteiger partial charge in [-0.05, 0) is 94.8 Å². The fourth-order valence-corrected chi connectivity index (χ4v) is 10.7. The summed E-state index contributed by atoms with van der Waals surface area (Å²) < 4.78 is 0. The van der Waals surface area contributed by atoms with Crippen molar-refractivity contribution in [1.82, 2.24) is 55.6 Å². The van der Waals surface area contributed by atoms with Gasteiger partial charge in [-0.1, -0.05) is 115 Å². The fourth-order valence-electron chi connectivity index (χ4n) is 10.7. The first kappa shape index (κ1) is 76.9. The Balaban J connectivity index is 4.31. The average Bonchev–Trinajstić information content (AvgIpc) is 3.47. The zero-order valence-electron chi connectivity index (χ0n) is 55.9. The summed E-state index contributed by atoms with van der Waals surface area (Å²) in [5, 5.41) is 23.1. The molecule has 23 nitrogen and oxygen atoms in total. The van der Waals surface area contributed by atoms with Crippen LogP contribution in [-0.4, -0.2) is 227 Å². The molecule has 1 heterocycles. The molecule has 11 amide bonds. The number of aliphatic hydroxyl groups excluding tert-OH is 1. The lowest BCUT2D eigenvalue weighted by molar-refractivity contribution is -0.157. The Hall–Kier alpha value is -6.13. The Morgan fingerprint density at radius 3 is 1.42 bits per heavy atom. The van der Waals surface area contributed by atoms with Gasteiger partial charge >= 0.3 is 0 Å². The van der Waals surface area contributed by atoms with Crippen molar-refractivity contribution in [1.29, 1.82) is 0 Å². The summed E-state index contributed by atoms with van der Waals surface area (Å²) >= 11 is 0. The second kappa shape index (κ2) is 35.5. The van der Waals surface area contributed by atoms with Crippen LogP contribution in [0, 0.1) is 35.5 Å². The first-order valence-electron chi connectivity index (χ1n) is 30.7. The molecule has 0 aromatic heterocycles. The number of allylic oxidation sites excluding steroid dienone is 2. The first-order chi connectivity index (χ1) is 39.4. The number of carbonyl (C=O) groups excluding carboxylic acids is 11. The number of hydrogen-bond acceptors (Lipinski definition) is 12. The van der Waals surface area contributed by atoms with E-state index in [-0.39, 0.29) is 49.9 Å². The van der Waals surface area contributed by atoms with E-state index >= 15 is 9.59 Å². The second-order valence-corrected chi connectivity index (χ2v) is 25.6. The SMILES string of the molecule is C/C=C/C[C@@H](C)[C@@H](O)[C@H]1C(=O)N[C@@H](CC)C(=O)N(C)CC(=O)N(C)[C@@H](CCCC)C(=O)N[C@@H](C(C)C)C(=O)N(C)[C@@H](CC(C)C)C(=O)N[C@@H](C)C(=O)N[C@H](C)C(=O)N(C)[C@@H](CC(C)C)C(=O)N(C)[C@@H](CC(C)C)C(=O)N(C)[C@@H](C(C)C)C(=O)N1C. The Morgan fingerprint density at radius 1 is 0.494 bits per heavy atom. The highest BCUT2D eigenvalue weighted by molar-refractivity contribution is 5.99. The molecule has 1 rings (SSSR count). The van der Waals surface area contributed by atoms with Crippen LogP contribution >= 0.6 is 0 Å². The minimum atomic E-state index is -1.61. The van der Waals surface area contributed by atoms with Crippen molar-refractivity contribution in [3.63, 3.8) is 0 Å². The highest BCUT2D eigenvalue weighted by Gasteiger charge is 2.45. The summed E-state index contributed by atoms with van der Waals surface area (Å²) in [5.41, 5.74) is 0. The van der Waals surface area contributed by atoms with Gasteiger partial charge in [0, 0.05) is 49.3 Å².